The Balaban J connectivity index is 1.55. The summed E-state index contributed by atoms with van der Waals surface area (Å²) in [6.45, 7) is 3.26. The number of hydrogen-bond acceptors (Lipinski definition) is 4. The van der Waals surface area contributed by atoms with Crippen molar-refractivity contribution in [1.29, 1.82) is 0 Å². The molecule has 0 spiro atoms. The Morgan fingerprint density at radius 1 is 1.19 bits per heavy atom. The monoisotopic (exact) mass is 385 g/mol. The molecule has 4 nitrogen and oxygen atoms in total. The summed E-state index contributed by atoms with van der Waals surface area (Å²) in [5, 5.41) is 4.15. The van der Waals surface area contributed by atoms with Crippen LogP contribution >= 0.6 is 11.6 Å². The van der Waals surface area contributed by atoms with Gasteiger partial charge >= 0.3 is 0 Å². The number of nitrogens with one attached hydrogen (secondary N) is 1. The van der Waals surface area contributed by atoms with Crippen LogP contribution in [0.4, 0.5) is 0 Å². The first-order valence-electron chi connectivity index (χ1n) is 9.90. The summed E-state index contributed by atoms with van der Waals surface area (Å²) < 4.78 is 5.52. The Morgan fingerprint density at radius 3 is 2.63 bits per heavy atom. The van der Waals surface area contributed by atoms with Crippen LogP contribution in [0.5, 0.6) is 5.75 Å². The number of aromatic nitrogens is 1. The molecule has 1 N–H and O–H groups in total. The van der Waals surface area contributed by atoms with E-state index < -0.39 is 0 Å². The third-order valence-electron chi connectivity index (χ3n) is 5.83. The molecular formula is C22H28ClN3O. The van der Waals surface area contributed by atoms with Crippen LogP contribution in [0.3, 0.4) is 0 Å². The number of nitrogens with zero attached hydrogens (tertiary/aromatic N) is 2. The number of pyridine rings is 1. The first kappa shape index (κ1) is 18.7. The summed E-state index contributed by atoms with van der Waals surface area (Å²) in [5.74, 6) is 1.32. The van der Waals surface area contributed by atoms with Gasteiger partial charge in [-0.15, -0.1) is 0 Å². The maximum Gasteiger partial charge on any atom is 0.138 e. The average molecular weight is 386 g/mol. The van der Waals surface area contributed by atoms with Gasteiger partial charge in [0.1, 0.15) is 5.75 Å². The van der Waals surface area contributed by atoms with Crippen LogP contribution in [0.15, 0.2) is 30.5 Å². The van der Waals surface area contributed by atoms with Gasteiger partial charge in [0.05, 0.1) is 17.8 Å². The first-order valence-corrected chi connectivity index (χ1v) is 10.3. The molecule has 4 rings (SSSR count). The Labute approximate surface area is 166 Å². The Bertz CT molecular complexity index is 798. The van der Waals surface area contributed by atoms with Crippen molar-refractivity contribution in [1.82, 2.24) is 15.2 Å². The fourth-order valence-electron chi connectivity index (χ4n) is 3.98. The highest BCUT2D eigenvalue weighted by Gasteiger charge is 2.28. The molecule has 2 fully saturated rings. The van der Waals surface area contributed by atoms with Crippen LogP contribution in [-0.2, 0) is 6.54 Å². The molecule has 0 bridgehead atoms. The van der Waals surface area contributed by atoms with E-state index in [4.69, 9.17) is 16.3 Å². The molecule has 0 atom stereocenters. The topological polar surface area (TPSA) is 37.4 Å². The SMILES string of the molecule is CNC1CCN(Cc2ccnc(-c3cc(OC)c(Cl)c(C4CC4)c3)c2)CC1. The van der Waals surface area contributed by atoms with Crippen LogP contribution in [0.2, 0.25) is 5.02 Å². The highest BCUT2D eigenvalue weighted by atomic mass is 35.5. The lowest BCUT2D eigenvalue weighted by Crippen LogP contribution is -2.40. The van der Waals surface area contributed by atoms with E-state index in [1.807, 2.05) is 12.3 Å². The van der Waals surface area contributed by atoms with Gasteiger partial charge in [-0.05, 0) is 87.1 Å². The van der Waals surface area contributed by atoms with E-state index >= 15 is 0 Å². The van der Waals surface area contributed by atoms with E-state index in [9.17, 15) is 0 Å². The molecule has 1 aliphatic carbocycles. The van der Waals surface area contributed by atoms with Crippen molar-refractivity contribution in [3.05, 3.63) is 46.6 Å². The second-order valence-corrected chi connectivity index (χ2v) is 8.12. The summed E-state index contributed by atoms with van der Waals surface area (Å²) in [7, 11) is 3.74. The molecule has 0 unspecified atom stereocenters. The van der Waals surface area contributed by atoms with Gasteiger partial charge in [0, 0.05) is 24.3 Å². The number of methoxy groups -OCH3 is 1. The Kier molecular flexibility index (Phi) is 5.67. The highest BCUT2D eigenvalue weighted by Crippen LogP contribution is 2.47. The minimum absolute atomic E-state index is 0.572. The number of hydrogen-bond donors (Lipinski definition) is 1. The smallest absolute Gasteiger partial charge is 0.138 e. The van der Waals surface area contributed by atoms with Crippen molar-refractivity contribution in [2.24, 2.45) is 0 Å². The van der Waals surface area contributed by atoms with Crippen molar-refractivity contribution >= 4 is 11.6 Å². The maximum absolute atomic E-state index is 6.53. The van der Waals surface area contributed by atoms with Gasteiger partial charge in [-0.1, -0.05) is 11.6 Å². The third-order valence-corrected chi connectivity index (χ3v) is 6.23. The fraction of sp³-hybridized carbons (Fsp3) is 0.500. The van der Waals surface area contributed by atoms with E-state index in [0.717, 1.165) is 41.7 Å². The predicted molar refractivity (Wildman–Crippen MR) is 111 cm³/mol. The normalized spacial score (nSPS) is 18.6. The van der Waals surface area contributed by atoms with Gasteiger partial charge in [-0.3, -0.25) is 9.88 Å². The van der Waals surface area contributed by atoms with Crippen LogP contribution in [0.25, 0.3) is 11.3 Å². The molecule has 0 amide bonds. The molecule has 2 aliphatic rings. The van der Waals surface area contributed by atoms with E-state index in [-0.39, 0.29) is 0 Å². The molecule has 0 radical (unpaired) electrons. The number of benzene rings is 1. The molecule has 2 aromatic rings. The maximum atomic E-state index is 6.53. The van der Waals surface area contributed by atoms with Gasteiger partial charge in [-0.2, -0.15) is 0 Å². The van der Waals surface area contributed by atoms with Crippen molar-refractivity contribution in [2.75, 3.05) is 27.2 Å². The predicted octanol–water partition coefficient (Wildman–Crippen LogP) is 4.47. The van der Waals surface area contributed by atoms with Crippen LogP contribution < -0.4 is 10.1 Å². The molecule has 27 heavy (non-hydrogen) atoms. The van der Waals surface area contributed by atoms with E-state index in [0.29, 0.717) is 12.0 Å². The van der Waals surface area contributed by atoms with Gasteiger partial charge in [0.25, 0.3) is 0 Å². The summed E-state index contributed by atoms with van der Waals surface area (Å²) in [6.07, 6.45) is 6.77. The Hall–Kier alpha value is -1.62. The molecule has 1 saturated heterocycles. The zero-order valence-corrected chi connectivity index (χ0v) is 16.9. The molecular weight excluding hydrogens is 358 g/mol. The highest BCUT2D eigenvalue weighted by molar-refractivity contribution is 6.33. The quantitative estimate of drug-likeness (QED) is 0.795. The fourth-order valence-corrected chi connectivity index (χ4v) is 4.32. The molecule has 1 aromatic carbocycles. The van der Waals surface area contributed by atoms with Crippen LogP contribution in [0.1, 0.15) is 42.7 Å². The van der Waals surface area contributed by atoms with Crippen molar-refractivity contribution in [2.45, 2.75) is 44.2 Å². The van der Waals surface area contributed by atoms with Gasteiger partial charge in [0.15, 0.2) is 0 Å². The number of ether oxygens (including phenoxy) is 1. The van der Waals surface area contributed by atoms with Crippen molar-refractivity contribution in [3.8, 4) is 17.0 Å². The van der Waals surface area contributed by atoms with E-state index in [1.165, 1.54) is 36.8 Å². The lowest BCUT2D eigenvalue weighted by atomic mass is 10.0. The summed E-state index contributed by atoms with van der Waals surface area (Å²) >= 11 is 6.53. The summed E-state index contributed by atoms with van der Waals surface area (Å²) in [6, 6.07) is 9.22. The zero-order chi connectivity index (χ0) is 18.8. The zero-order valence-electron chi connectivity index (χ0n) is 16.2. The number of piperidine rings is 1. The van der Waals surface area contributed by atoms with Crippen molar-refractivity contribution in [3.63, 3.8) is 0 Å². The second-order valence-electron chi connectivity index (χ2n) is 7.74. The molecule has 144 valence electrons. The van der Waals surface area contributed by atoms with E-state index in [1.54, 1.807) is 7.11 Å². The second kappa shape index (κ2) is 8.17. The minimum Gasteiger partial charge on any atom is -0.495 e. The van der Waals surface area contributed by atoms with Gasteiger partial charge < -0.3 is 10.1 Å². The van der Waals surface area contributed by atoms with Crippen LogP contribution in [0, 0.1) is 0 Å². The summed E-state index contributed by atoms with van der Waals surface area (Å²) in [4.78, 5) is 7.16. The third kappa shape index (κ3) is 4.29. The number of halogens is 1. The summed E-state index contributed by atoms with van der Waals surface area (Å²) in [5.41, 5.74) is 4.60. The largest absolute Gasteiger partial charge is 0.495 e. The lowest BCUT2D eigenvalue weighted by molar-refractivity contribution is 0.194. The van der Waals surface area contributed by atoms with E-state index in [2.05, 4.69) is 40.4 Å². The molecule has 2 heterocycles. The van der Waals surface area contributed by atoms with Gasteiger partial charge in [0.2, 0.25) is 0 Å². The molecule has 5 heteroatoms. The number of likely N-dealkylation sites (tertiary alicyclic amines) is 1. The molecule has 1 aliphatic heterocycles. The Morgan fingerprint density at radius 2 is 1.96 bits per heavy atom. The lowest BCUT2D eigenvalue weighted by Gasteiger charge is -2.31. The van der Waals surface area contributed by atoms with Gasteiger partial charge in [-0.25, -0.2) is 0 Å². The molecule has 1 saturated carbocycles. The minimum atomic E-state index is 0.572. The standard InChI is InChI=1S/C22H28ClN3O/c1-24-18-6-9-26(10-7-18)14-15-5-8-25-20(11-15)17-12-19(16-3-4-16)22(23)21(13-17)27-2/h5,8,11-13,16,18,24H,3-4,6-7,9-10,14H2,1-2H3. The number of rotatable bonds is 6. The van der Waals surface area contributed by atoms with Crippen LogP contribution in [-0.4, -0.2) is 43.2 Å². The van der Waals surface area contributed by atoms with Crippen molar-refractivity contribution < 1.29 is 4.74 Å². The first-order chi connectivity index (χ1) is 13.2. The average Bonchev–Trinajstić information content (AvgIpc) is 3.54. The molecule has 1 aromatic heterocycles.